The van der Waals surface area contributed by atoms with E-state index in [1.54, 1.807) is 48.5 Å². The minimum absolute atomic E-state index is 0.103. The average Bonchev–Trinajstić information content (AvgIpc) is 3.63. The first kappa shape index (κ1) is 32.2. The average molecular weight is 611 g/mol. The highest BCUT2D eigenvalue weighted by molar-refractivity contribution is 5.90. The Balaban J connectivity index is 1.18. The molecule has 2 aromatic rings. The molecule has 0 spiro atoms. The molecule has 12 heteroatoms. The Kier molecular flexibility index (Phi) is 11.9. The normalized spacial score (nSPS) is 20.1. The zero-order chi connectivity index (χ0) is 31.3. The molecule has 0 saturated carbocycles. The lowest BCUT2D eigenvalue weighted by molar-refractivity contribution is -0.138. The molecule has 0 aliphatic carbocycles. The Morgan fingerprint density at radius 3 is 1.39 bits per heavy atom. The third-order valence-electron chi connectivity index (χ3n) is 6.60. The molecule has 0 unspecified atom stereocenters. The van der Waals surface area contributed by atoms with E-state index in [9.17, 15) is 19.2 Å². The van der Waals surface area contributed by atoms with Gasteiger partial charge in [-0.3, -0.25) is 0 Å². The number of hydrogen-bond acceptors (Lipinski definition) is 12. The molecule has 0 aromatic heterocycles. The number of carbonyl (C=O) groups is 4. The van der Waals surface area contributed by atoms with Crippen LogP contribution in [0.15, 0.2) is 73.8 Å². The van der Waals surface area contributed by atoms with Crippen LogP contribution in [0.4, 0.5) is 0 Å². The molecule has 12 nitrogen and oxygen atoms in total. The summed E-state index contributed by atoms with van der Waals surface area (Å²) in [6.45, 7) is 7.95. The maximum absolute atomic E-state index is 12.8. The molecule has 234 valence electrons. The third kappa shape index (κ3) is 9.16. The molecule has 0 amide bonds. The molecule has 2 aliphatic heterocycles. The maximum Gasteiger partial charge on any atom is 0.338 e. The smallest absolute Gasteiger partial charge is 0.338 e. The lowest BCUT2D eigenvalue weighted by Gasteiger charge is -2.17. The second-order valence-corrected chi connectivity index (χ2v) is 9.68. The molecule has 2 heterocycles. The van der Waals surface area contributed by atoms with E-state index in [1.807, 2.05) is 0 Å². The predicted octanol–water partition coefficient (Wildman–Crippen LogP) is 3.23. The number of ether oxygens (including phenoxy) is 8. The van der Waals surface area contributed by atoms with E-state index < -0.39 is 48.3 Å². The van der Waals surface area contributed by atoms with Crippen molar-refractivity contribution < 1.29 is 57.1 Å². The fourth-order valence-corrected chi connectivity index (χ4v) is 4.38. The third-order valence-corrected chi connectivity index (χ3v) is 6.60. The van der Waals surface area contributed by atoms with Crippen molar-refractivity contribution in [2.24, 2.45) is 0 Å². The zero-order valence-corrected chi connectivity index (χ0v) is 24.1. The molecule has 0 radical (unpaired) electrons. The first-order valence-electron chi connectivity index (χ1n) is 14.1. The van der Waals surface area contributed by atoms with Gasteiger partial charge < -0.3 is 37.9 Å². The maximum atomic E-state index is 12.8. The number of hydrogen-bond donors (Lipinski definition) is 0. The van der Waals surface area contributed by atoms with Crippen molar-refractivity contribution in [2.45, 2.75) is 37.3 Å². The predicted molar refractivity (Wildman–Crippen MR) is 153 cm³/mol. The van der Waals surface area contributed by atoms with Gasteiger partial charge in [-0.1, -0.05) is 13.2 Å². The van der Waals surface area contributed by atoms with E-state index >= 15 is 0 Å². The highest BCUT2D eigenvalue weighted by atomic mass is 16.7. The Bertz CT molecular complexity index is 1200. The van der Waals surface area contributed by atoms with E-state index in [0.717, 1.165) is 12.2 Å². The van der Waals surface area contributed by atoms with Crippen molar-refractivity contribution in [3.05, 3.63) is 85.0 Å². The first-order chi connectivity index (χ1) is 21.4. The highest BCUT2D eigenvalue weighted by Gasteiger charge is 2.51. The Morgan fingerprint density at radius 2 is 1.02 bits per heavy atom. The summed E-state index contributed by atoms with van der Waals surface area (Å²) >= 11 is 0. The molecule has 0 N–H and O–H groups in total. The number of fused-ring (bicyclic) bond motifs is 1. The molecular formula is C32H34O12. The standard InChI is InChI=1S/C32H34O12/c1-3-27(33)39-17-5-15-37-23-11-7-21(8-12-23)31(35)43-25-19-41-30-26(20-42-29(25)30)44-32(36)22-9-13-24(14-10-22)38-16-6-18-40-28(34)4-2/h3-4,7-14,25-26,29-30H,1-2,5-6,15-20H2/t25-,26+,29-,30-/m1/s1. The van der Waals surface area contributed by atoms with Crippen LogP contribution in [0.3, 0.4) is 0 Å². The number of rotatable bonds is 16. The minimum Gasteiger partial charge on any atom is -0.493 e. The fourth-order valence-electron chi connectivity index (χ4n) is 4.38. The molecule has 2 saturated heterocycles. The van der Waals surface area contributed by atoms with Crippen molar-refractivity contribution in [3.8, 4) is 11.5 Å². The number of esters is 4. The van der Waals surface area contributed by atoms with Gasteiger partial charge in [0, 0.05) is 25.0 Å². The minimum atomic E-state index is -0.665. The Labute approximate surface area is 254 Å². The number of carbonyl (C=O) groups excluding carboxylic acids is 4. The van der Waals surface area contributed by atoms with Crippen LogP contribution < -0.4 is 9.47 Å². The fraction of sp³-hybridized carbons (Fsp3) is 0.375. The van der Waals surface area contributed by atoms with E-state index in [0.29, 0.717) is 48.7 Å². The van der Waals surface area contributed by atoms with Crippen LogP contribution >= 0.6 is 0 Å². The van der Waals surface area contributed by atoms with Crippen molar-refractivity contribution in [3.63, 3.8) is 0 Å². The van der Waals surface area contributed by atoms with E-state index in [2.05, 4.69) is 13.2 Å². The molecule has 2 fully saturated rings. The summed E-state index contributed by atoms with van der Waals surface area (Å²) in [5, 5.41) is 0. The van der Waals surface area contributed by atoms with Crippen LogP contribution in [-0.2, 0) is 38.0 Å². The van der Waals surface area contributed by atoms with Gasteiger partial charge in [0.1, 0.15) is 23.7 Å². The summed E-state index contributed by atoms with van der Waals surface area (Å²) < 4.78 is 43.8. The quantitative estimate of drug-likeness (QED) is 0.119. The molecular weight excluding hydrogens is 576 g/mol. The summed E-state index contributed by atoms with van der Waals surface area (Å²) in [6.07, 6.45) is 0.729. The summed E-state index contributed by atoms with van der Waals surface area (Å²) in [5.74, 6) is -0.969. The van der Waals surface area contributed by atoms with Crippen LogP contribution in [0.2, 0.25) is 0 Å². The lowest BCUT2D eigenvalue weighted by atomic mass is 10.1. The van der Waals surface area contributed by atoms with Gasteiger partial charge in [0.15, 0.2) is 12.2 Å². The molecule has 4 rings (SSSR count). The van der Waals surface area contributed by atoms with Crippen LogP contribution in [0.25, 0.3) is 0 Å². The SMILES string of the molecule is C=CC(=O)OCCCOc1ccc(C(=O)O[C@H]2CO[C@H]3[C@@H]2OC[C@H]3OC(=O)c2ccc(OCCCOC(=O)C=C)cc2)cc1. The van der Waals surface area contributed by atoms with Gasteiger partial charge in [-0.15, -0.1) is 0 Å². The summed E-state index contributed by atoms with van der Waals surface area (Å²) in [4.78, 5) is 47.6. The van der Waals surface area contributed by atoms with Crippen LogP contribution in [0.1, 0.15) is 33.6 Å². The number of benzene rings is 2. The van der Waals surface area contributed by atoms with Gasteiger partial charge >= 0.3 is 23.9 Å². The largest absolute Gasteiger partial charge is 0.493 e. The van der Waals surface area contributed by atoms with Crippen molar-refractivity contribution in [2.75, 3.05) is 39.6 Å². The topological polar surface area (TPSA) is 142 Å². The monoisotopic (exact) mass is 610 g/mol. The van der Waals surface area contributed by atoms with Crippen LogP contribution in [0.5, 0.6) is 11.5 Å². The van der Waals surface area contributed by atoms with Gasteiger partial charge in [-0.05, 0) is 48.5 Å². The zero-order valence-electron chi connectivity index (χ0n) is 24.1. The Hall–Kier alpha value is -4.68. The second-order valence-electron chi connectivity index (χ2n) is 9.68. The van der Waals surface area contributed by atoms with E-state index in [1.165, 1.54) is 0 Å². The van der Waals surface area contributed by atoms with Crippen molar-refractivity contribution >= 4 is 23.9 Å². The van der Waals surface area contributed by atoms with Gasteiger partial charge in [-0.25, -0.2) is 19.2 Å². The molecule has 2 aromatic carbocycles. The molecule has 2 aliphatic rings. The summed E-state index contributed by atoms with van der Waals surface area (Å²) in [5.41, 5.74) is 0.649. The van der Waals surface area contributed by atoms with Crippen LogP contribution in [0, 0.1) is 0 Å². The van der Waals surface area contributed by atoms with Gasteiger partial charge in [-0.2, -0.15) is 0 Å². The van der Waals surface area contributed by atoms with Gasteiger partial charge in [0.25, 0.3) is 0 Å². The lowest BCUT2D eigenvalue weighted by Crippen LogP contribution is -2.36. The van der Waals surface area contributed by atoms with E-state index in [-0.39, 0.29) is 26.4 Å². The molecule has 44 heavy (non-hydrogen) atoms. The van der Waals surface area contributed by atoms with Gasteiger partial charge in [0.2, 0.25) is 0 Å². The highest BCUT2D eigenvalue weighted by Crippen LogP contribution is 2.31. The molecule has 4 atom stereocenters. The summed E-state index contributed by atoms with van der Waals surface area (Å²) in [6, 6.07) is 12.9. The Morgan fingerprint density at radius 1 is 0.636 bits per heavy atom. The van der Waals surface area contributed by atoms with Crippen molar-refractivity contribution in [1.82, 2.24) is 0 Å². The summed E-state index contributed by atoms with van der Waals surface area (Å²) in [7, 11) is 0. The molecule has 0 bridgehead atoms. The van der Waals surface area contributed by atoms with Crippen molar-refractivity contribution in [1.29, 1.82) is 0 Å². The van der Waals surface area contributed by atoms with Crippen LogP contribution in [-0.4, -0.2) is 87.9 Å². The first-order valence-corrected chi connectivity index (χ1v) is 14.1. The van der Waals surface area contributed by atoms with Gasteiger partial charge in [0.05, 0.1) is 50.8 Å². The second kappa shape index (κ2) is 16.2. The van der Waals surface area contributed by atoms with E-state index in [4.69, 9.17) is 37.9 Å².